The van der Waals surface area contributed by atoms with Gasteiger partial charge in [0.25, 0.3) is 0 Å². The fourth-order valence-electron chi connectivity index (χ4n) is 2.50. The van der Waals surface area contributed by atoms with Gasteiger partial charge >= 0.3 is 5.97 Å². The van der Waals surface area contributed by atoms with Crippen LogP contribution >= 0.6 is 11.6 Å². The second kappa shape index (κ2) is 6.27. The third-order valence-corrected chi connectivity index (χ3v) is 3.80. The van der Waals surface area contributed by atoms with Crippen LogP contribution in [0, 0.1) is 0 Å². The average Bonchev–Trinajstić information content (AvgIpc) is 2.81. The number of hydrogen-bond donors (Lipinski definition) is 0. The van der Waals surface area contributed by atoms with Crippen LogP contribution < -0.4 is 4.90 Å². The van der Waals surface area contributed by atoms with E-state index in [4.69, 9.17) is 11.6 Å². The Kier molecular flexibility index (Phi) is 4.65. The summed E-state index contributed by atoms with van der Waals surface area (Å²) in [5, 5.41) is -0.272. The van der Waals surface area contributed by atoms with Gasteiger partial charge < -0.3 is 9.64 Å². The molecule has 4 nitrogen and oxygen atoms in total. The molecule has 0 aliphatic carbocycles. The van der Waals surface area contributed by atoms with Crippen LogP contribution in [0.4, 0.5) is 5.69 Å². The zero-order chi connectivity index (χ0) is 14.7. The Bertz CT molecular complexity index is 530. The first-order valence-corrected chi connectivity index (χ1v) is 7.05. The molecule has 0 aromatic heterocycles. The molecule has 1 aliphatic heterocycles. The van der Waals surface area contributed by atoms with E-state index in [9.17, 15) is 9.59 Å². The number of anilines is 1. The minimum absolute atomic E-state index is 0.0670. The number of nitrogens with zero attached hydrogens (tertiary/aromatic N) is 1. The van der Waals surface area contributed by atoms with Gasteiger partial charge in [-0.1, -0.05) is 12.1 Å². The van der Waals surface area contributed by atoms with Crippen LogP contribution in [0.5, 0.6) is 0 Å². The van der Waals surface area contributed by atoms with Gasteiger partial charge in [0, 0.05) is 24.5 Å². The summed E-state index contributed by atoms with van der Waals surface area (Å²) in [4.78, 5) is 24.4. The Labute approximate surface area is 123 Å². The lowest BCUT2D eigenvalue weighted by Crippen LogP contribution is -2.25. The molecule has 1 aromatic carbocycles. The maximum Gasteiger partial charge on any atom is 0.307 e. The van der Waals surface area contributed by atoms with Gasteiger partial charge in [-0.05, 0) is 30.0 Å². The van der Waals surface area contributed by atoms with Gasteiger partial charge in [-0.15, -0.1) is 11.6 Å². The first-order chi connectivity index (χ1) is 9.51. The van der Waals surface area contributed by atoms with E-state index in [0.29, 0.717) is 6.42 Å². The highest BCUT2D eigenvalue weighted by Crippen LogP contribution is 2.29. The van der Waals surface area contributed by atoms with Gasteiger partial charge in [-0.25, -0.2) is 0 Å². The fourth-order valence-corrected chi connectivity index (χ4v) is 2.81. The summed E-state index contributed by atoms with van der Waals surface area (Å²) in [7, 11) is 1.36. The highest BCUT2D eigenvalue weighted by atomic mass is 35.5. The van der Waals surface area contributed by atoms with E-state index in [1.807, 2.05) is 12.1 Å². The average molecular weight is 296 g/mol. The Balaban J connectivity index is 2.05. The van der Waals surface area contributed by atoms with Crippen molar-refractivity contribution in [1.29, 1.82) is 0 Å². The molecule has 1 aliphatic rings. The van der Waals surface area contributed by atoms with Crippen molar-refractivity contribution in [2.24, 2.45) is 0 Å². The Morgan fingerprint density at radius 1 is 1.45 bits per heavy atom. The van der Waals surface area contributed by atoms with E-state index in [2.05, 4.69) is 10.8 Å². The molecular formula is C15H18ClNO3. The minimum atomic E-state index is -0.297. The molecule has 0 spiro atoms. The number of amides is 1. The van der Waals surface area contributed by atoms with Crippen molar-refractivity contribution in [3.05, 3.63) is 29.3 Å². The van der Waals surface area contributed by atoms with Gasteiger partial charge in [0.05, 0.1) is 13.5 Å². The van der Waals surface area contributed by atoms with E-state index in [1.165, 1.54) is 12.7 Å². The largest absolute Gasteiger partial charge is 0.469 e. The smallest absolute Gasteiger partial charge is 0.307 e. The summed E-state index contributed by atoms with van der Waals surface area (Å²) in [5.74, 6) is -0.230. The minimum Gasteiger partial charge on any atom is -0.469 e. The maximum absolute atomic E-state index is 11.5. The summed E-state index contributed by atoms with van der Waals surface area (Å²) < 4.78 is 4.61. The molecule has 1 heterocycles. The van der Waals surface area contributed by atoms with Crippen molar-refractivity contribution >= 4 is 29.2 Å². The number of hydrogen-bond acceptors (Lipinski definition) is 3. The summed E-state index contributed by atoms with van der Waals surface area (Å²) >= 11 is 6.15. The van der Waals surface area contributed by atoms with Gasteiger partial charge in [0.2, 0.25) is 5.91 Å². The number of ether oxygens (including phenoxy) is 1. The van der Waals surface area contributed by atoms with Crippen LogP contribution in [0.1, 0.15) is 24.5 Å². The molecule has 5 heteroatoms. The van der Waals surface area contributed by atoms with Crippen LogP contribution in [0.2, 0.25) is 0 Å². The predicted molar refractivity (Wildman–Crippen MR) is 78.2 cm³/mol. The van der Waals surface area contributed by atoms with E-state index in [0.717, 1.165) is 24.2 Å². The van der Waals surface area contributed by atoms with Gasteiger partial charge in [0.15, 0.2) is 0 Å². The second-order valence-corrected chi connectivity index (χ2v) is 5.58. The Morgan fingerprint density at radius 2 is 2.20 bits per heavy atom. The first kappa shape index (κ1) is 14.9. The monoisotopic (exact) mass is 295 g/mol. The second-order valence-electron chi connectivity index (χ2n) is 4.97. The molecule has 0 saturated heterocycles. The summed E-state index contributed by atoms with van der Waals surface area (Å²) in [6.45, 7) is 2.31. The van der Waals surface area contributed by atoms with E-state index in [-0.39, 0.29) is 23.7 Å². The number of benzene rings is 1. The van der Waals surface area contributed by atoms with Gasteiger partial charge in [-0.3, -0.25) is 9.59 Å². The number of carbonyl (C=O) groups excluding carboxylic acids is 2. The zero-order valence-corrected chi connectivity index (χ0v) is 12.4. The van der Waals surface area contributed by atoms with Gasteiger partial charge in [-0.2, -0.15) is 0 Å². The number of carbonyl (C=O) groups is 2. The molecule has 0 bridgehead atoms. The fraction of sp³-hybridized carbons (Fsp3) is 0.467. The molecule has 0 radical (unpaired) electrons. The lowest BCUT2D eigenvalue weighted by atomic mass is 10.0. The zero-order valence-electron chi connectivity index (χ0n) is 11.7. The van der Waals surface area contributed by atoms with Crippen molar-refractivity contribution in [2.75, 3.05) is 18.6 Å². The molecule has 1 amide bonds. The van der Waals surface area contributed by atoms with Crippen LogP contribution in [-0.2, 0) is 27.2 Å². The SMILES string of the molecule is COC(=O)CC(Cl)Cc1ccc2c(c1)CCN2C(C)=O. The van der Waals surface area contributed by atoms with Crippen LogP contribution in [0.25, 0.3) is 0 Å². The summed E-state index contributed by atoms with van der Waals surface area (Å²) in [6, 6.07) is 6.00. The van der Waals surface area contributed by atoms with Crippen molar-refractivity contribution < 1.29 is 14.3 Å². The quantitative estimate of drug-likeness (QED) is 0.632. The van der Waals surface area contributed by atoms with Crippen LogP contribution in [0.3, 0.4) is 0 Å². The predicted octanol–water partition coefficient (Wildman–Crippen LogP) is 2.31. The van der Waals surface area contributed by atoms with E-state index >= 15 is 0 Å². The molecule has 108 valence electrons. The number of fused-ring (bicyclic) bond motifs is 1. The molecule has 0 fully saturated rings. The third kappa shape index (κ3) is 3.31. The normalized spacial score (nSPS) is 14.8. The van der Waals surface area contributed by atoms with Crippen LogP contribution in [0.15, 0.2) is 18.2 Å². The highest BCUT2D eigenvalue weighted by Gasteiger charge is 2.22. The molecular weight excluding hydrogens is 278 g/mol. The van der Waals surface area contributed by atoms with Crippen molar-refractivity contribution in [1.82, 2.24) is 0 Å². The molecule has 2 rings (SSSR count). The molecule has 1 aromatic rings. The standard InChI is InChI=1S/C15H18ClNO3/c1-10(18)17-6-5-12-7-11(3-4-14(12)17)8-13(16)9-15(19)20-2/h3-4,7,13H,5-6,8-9H2,1-2H3. The highest BCUT2D eigenvalue weighted by molar-refractivity contribution is 6.21. The van der Waals surface area contributed by atoms with Crippen molar-refractivity contribution in [3.8, 4) is 0 Å². The molecule has 1 atom stereocenters. The number of alkyl halides is 1. The maximum atomic E-state index is 11.5. The molecule has 20 heavy (non-hydrogen) atoms. The summed E-state index contributed by atoms with van der Waals surface area (Å²) in [6.07, 6.45) is 1.69. The molecule has 1 unspecified atom stereocenters. The van der Waals surface area contributed by atoms with Gasteiger partial charge in [0.1, 0.15) is 0 Å². The lowest BCUT2D eigenvalue weighted by molar-refractivity contribution is -0.140. The number of esters is 1. The number of rotatable bonds is 4. The van der Waals surface area contributed by atoms with E-state index in [1.54, 1.807) is 11.8 Å². The molecule has 0 N–H and O–H groups in total. The third-order valence-electron chi connectivity index (χ3n) is 3.49. The lowest BCUT2D eigenvalue weighted by Gasteiger charge is -2.15. The van der Waals surface area contributed by atoms with Crippen molar-refractivity contribution in [2.45, 2.75) is 31.6 Å². The molecule has 0 saturated carbocycles. The van der Waals surface area contributed by atoms with Crippen LogP contribution in [-0.4, -0.2) is 30.9 Å². The first-order valence-electron chi connectivity index (χ1n) is 6.62. The van der Waals surface area contributed by atoms with Crippen molar-refractivity contribution in [3.63, 3.8) is 0 Å². The topological polar surface area (TPSA) is 46.6 Å². The Hall–Kier alpha value is -1.55. The van der Waals surface area contributed by atoms with E-state index < -0.39 is 0 Å². The Morgan fingerprint density at radius 3 is 2.85 bits per heavy atom. The number of halogens is 1. The number of methoxy groups -OCH3 is 1. The summed E-state index contributed by atoms with van der Waals surface area (Å²) in [5.41, 5.74) is 3.23.